The smallest absolute Gasteiger partial charge is 0.333 e. The number of rotatable bonds is 12. The van der Waals surface area contributed by atoms with Crippen LogP contribution in [0, 0.1) is 29.6 Å². The van der Waals surface area contributed by atoms with Gasteiger partial charge in [0.25, 0.3) is 5.56 Å². The molecule has 200 valence electrons. The minimum atomic E-state index is -2.47. The zero-order chi connectivity index (χ0) is 27.1. The normalized spacial score (nSPS) is 22.5. The van der Waals surface area contributed by atoms with Gasteiger partial charge < -0.3 is 27.8 Å². The summed E-state index contributed by atoms with van der Waals surface area (Å²) in [6, 6.07) is 3.95. The average molecular weight is 543 g/mol. The molecule has 1 aromatic heterocycles. The Morgan fingerprint density at radius 3 is 2.25 bits per heavy atom. The number of aromatic nitrogens is 2. The van der Waals surface area contributed by atoms with Crippen LogP contribution < -0.4 is 11.2 Å². The number of nitriles is 2. The Hall–Kier alpha value is -1.93. The molecule has 0 aromatic carbocycles. The van der Waals surface area contributed by atoms with Crippen LogP contribution in [0.15, 0.2) is 15.8 Å². The van der Waals surface area contributed by atoms with Gasteiger partial charge in [0.05, 0.1) is 44.8 Å². The third-order valence-corrected chi connectivity index (χ3v) is 11.8. The molecular weight excluding hydrogens is 507 g/mol. The van der Waals surface area contributed by atoms with Crippen LogP contribution in [-0.4, -0.2) is 61.1 Å². The fraction of sp³-hybridized carbons (Fsp3) is 0.727. The molecule has 0 radical (unpaired) electrons. The second-order valence-corrected chi connectivity index (χ2v) is 15.8. The quantitative estimate of drug-likeness (QED) is 0.227. The van der Waals surface area contributed by atoms with E-state index in [4.69, 9.17) is 33.3 Å². The Bertz CT molecular complexity index is 1050. The molecule has 0 amide bonds. The Balaban J connectivity index is 2.49. The lowest BCUT2D eigenvalue weighted by molar-refractivity contribution is -0.0532. The van der Waals surface area contributed by atoms with E-state index in [0.29, 0.717) is 5.56 Å². The minimum absolute atomic E-state index is 0.0435. The summed E-state index contributed by atoms with van der Waals surface area (Å²) in [6.07, 6.45) is -2.11. The molecule has 1 aliphatic heterocycles. The van der Waals surface area contributed by atoms with Gasteiger partial charge in [0.15, 0.2) is 14.5 Å². The molecule has 2 rings (SSSR count). The van der Waals surface area contributed by atoms with E-state index in [1.807, 2.05) is 25.2 Å². The van der Waals surface area contributed by atoms with Crippen LogP contribution in [0.1, 0.15) is 45.4 Å². The van der Waals surface area contributed by atoms with Crippen molar-refractivity contribution >= 4 is 16.9 Å². The van der Waals surface area contributed by atoms with Gasteiger partial charge in [0.1, 0.15) is 18.3 Å². The van der Waals surface area contributed by atoms with Crippen LogP contribution in [0.3, 0.4) is 0 Å². The zero-order valence-electron chi connectivity index (χ0n) is 21.5. The Morgan fingerprint density at radius 2 is 1.75 bits per heavy atom. The summed E-state index contributed by atoms with van der Waals surface area (Å²) >= 11 is 0. The monoisotopic (exact) mass is 542 g/mol. The number of ether oxygens (including phenoxy) is 1. The third-order valence-electron chi connectivity index (χ3n) is 6.15. The van der Waals surface area contributed by atoms with E-state index in [9.17, 15) is 14.7 Å². The molecular formula is C22H35N4O8PSi. The molecule has 4 atom stereocenters. The predicted molar refractivity (Wildman–Crippen MR) is 133 cm³/mol. The van der Waals surface area contributed by atoms with E-state index in [2.05, 4.69) is 25.8 Å². The number of hydrogen-bond donors (Lipinski definition) is 2. The van der Waals surface area contributed by atoms with E-state index in [1.54, 1.807) is 6.92 Å². The van der Waals surface area contributed by atoms with E-state index in [-0.39, 0.29) is 31.1 Å². The molecule has 1 aliphatic rings. The number of aliphatic hydroxyl groups excluding tert-OH is 1. The van der Waals surface area contributed by atoms with Crippen molar-refractivity contribution in [2.75, 3.05) is 19.8 Å². The highest BCUT2D eigenvalue weighted by Crippen LogP contribution is 2.48. The first-order valence-corrected chi connectivity index (χ1v) is 15.6. The van der Waals surface area contributed by atoms with Crippen molar-refractivity contribution in [2.45, 2.75) is 83.2 Å². The van der Waals surface area contributed by atoms with Crippen LogP contribution in [-0.2, 0) is 22.7 Å². The van der Waals surface area contributed by atoms with Crippen molar-refractivity contribution in [3.05, 3.63) is 32.6 Å². The fourth-order valence-corrected chi connectivity index (χ4v) is 5.57. The number of nitrogens with one attached hydrogen (secondary N) is 1. The average Bonchev–Trinajstić information content (AvgIpc) is 3.11. The van der Waals surface area contributed by atoms with Crippen LogP contribution in [0.2, 0.25) is 18.1 Å². The van der Waals surface area contributed by atoms with Gasteiger partial charge in [-0.2, -0.15) is 10.5 Å². The largest absolute Gasteiger partial charge is 0.407 e. The molecule has 1 unspecified atom stereocenters. The maximum atomic E-state index is 12.7. The number of aromatic amines is 1. The first kappa shape index (κ1) is 30.3. The van der Waals surface area contributed by atoms with Gasteiger partial charge in [-0.1, -0.05) is 20.8 Å². The summed E-state index contributed by atoms with van der Waals surface area (Å²) in [6.45, 7) is 11.4. The van der Waals surface area contributed by atoms with E-state index in [1.165, 1.54) is 10.8 Å². The third kappa shape index (κ3) is 7.54. The molecule has 0 bridgehead atoms. The van der Waals surface area contributed by atoms with E-state index in [0.717, 1.165) is 0 Å². The lowest BCUT2D eigenvalue weighted by Crippen LogP contribution is -2.50. The summed E-state index contributed by atoms with van der Waals surface area (Å²) in [5, 5.41) is 27.6. The standard InChI is InChI=1S/C22H35N4O8PSi/c1-15-13-26(21(29)25-19(15)28)20-18(34-36(5,6)22(2,3)4)17(16(14-27)32-20)33-35(30-11-7-9-23)31-12-8-10-24/h13,16-18,20,27H,7-8,11-12,14H2,1-6H3,(H,25,28,29)/t16-,17-,18?,20-/m1/s1. The Labute approximate surface area is 212 Å². The van der Waals surface area contributed by atoms with Crippen LogP contribution >= 0.6 is 8.60 Å². The lowest BCUT2D eigenvalue weighted by atomic mass is 10.1. The highest BCUT2D eigenvalue weighted by Gasteiger charge is 2.52. The van der Waals surface area contributed by atoms with Crippen LogP contribution in [0.5, 0.6) is 0 Å². The highest BCUT2D eigenvalue weighted by atomic mass is 31.2. The van der Waals surface area contributed by atoms with Gasteiger partial charge in [0.2, 0.25) is 0 Å². The van der Waals surface area contributed by atoms with Crippen molar-refractivity contribution in [3.63, 3.8) is 0 Å². The van der Waals surface area contributed by atoms with Crippen LogP contribution in [0.4, 0.5) is 0 Å². The van der Waals surface area contributed by atoms with Crippen LogP contribution in [0.25, 0.3) is 0 Å². The predicted octanol–water partition coefficient (Wildman–Crippen LogP) is 2.60. The van der Waals surface area contributed by atoms with Gasteiger partial charge in [-0.3, -0.25) is 14.3 Å². The zero-order valence-corrected chi connectivity index (χ0v) is 23.4. The van der Waals surface area contributed by atoms with Gasteiger partial charge in [0, 0.05) is 11.8 Å². The molecule has 1 saturated heterocycles. The molecule has 0 saturated carbocycles. The molecule has 2 heterocycles. The molecule has 0 aliphatic carbocycles. The number of nitrogens with zero attached hydrogens (tertiary/aromatic N) is 3. The molecule has 14 heteroatoms. The number of aryl methyl sites for hydroxylation is 1. The summed E-state index contributed by atoms with van der Waals surface area (Å²) in [7, 11) is -4.51. The maximum absolute atomic E-state index is 12.7. The van der Waals surface area contributed by atoms with E-state index >= 15 is 0 Å². The fourth-order valence-electron chi connectivity index (χ4n) is 3.15. The van der Waals surface area contributed by atoms with Crippen molar-refractivity contribution in [2.24, 2.45) is 0 Å². The van der Waals surface area contributed by atoms with Gasteiger partial charge in [-0.15, -0.1) is 0 Å². The SMILES string of the molecule is Cc1cn([C@@H]2O[C@H](CO)[C@@H](OP(OCCC#N)OCCC#N)C2O[Si](C)(C)C(C)(C)C)c(=O)[nH]c1=O. The molecule has 1 fully saturated rings. The van der Waals surface area contributed by atoms with Crippen molar-refractivity contribution in [3.8, 4) is 12.1 Å². The van der Waals surface area contributed by atoms with Crippen molar-refractivity contribution < 1.29 is 27.8 Å². The second-order valence-electron chi connectivity index (χ2n) is 9.85. The highest BCUT2D eigenvalue weighted by molar-refractivity contribution is 7.41. The van der Waals surface area contributed by atoms with Crippen molar-refractivity contribution in [1.82, 2.24) is 9.55 Å². The molecule has 0 spiro atoms. The van der Waals surface area contributed by atoms with E-state index < -0.39 is 59.3 Å². The summed E-state index contributed by atoms with van der Waals surface area (Å²) in [5.41, 5.74) is -0.895. The number of H-pyrrole nitrogens is 1. The summed E-state index contributed by atoms with van der Waals surface area (Å²) in [4.78, 5) is 27.0. The number of hydrogen-bond acceptors (Lipinski definition) is 10. The Morgan fingerprint density at radius 1 is 1.17 bits per heavy atom. The first-order valence-electron chi connectivity index (χ1n) is 11.6. The Kier molecular flexibility index (Phi) is 11.0. The summed E-state index contributed by atoms with van der Waals surface area (Å²) in [5.74, 6) is 0. The maximum Gasteiger partial charge on any atom is 0.333 e. The molecule has 12 nitrogen and oxygen atoms in total. The summed E-state index contributed by atoms with van der Waals surface area (Å²) < 4.78 is 31.4. The number of aliphatic hydroxyl groups is 1. The molecule has 1 aromatic rings. The van der Waals surface area contributed by atoms with Gasteiger partial charge >= 0.3 is 14.3 Å². The molecule has 2 N–H and O–H groups in total. The van der Waals surface area contributed by atoms with Gasteiger partial charge in [-0.25, -0.2) is 4.79 Å². The minimum Gasteiger partial charge on any atom is -0.407 e. The lowest BCUT2D eigenvalue weighted by Gasteiger charge is -2.40. The van der Waals surface area contributed by atoms with Gasteiger partial charge in [-0.05, 0) is 25.1 Å². The second kappa shape index (κ2) is 13.0. The topological polar surface area (TPSA) is 169 Å². The van der Waals surface area contributed by atoms with Crippen molar-refractivity contribution in [1.29, 1.82) is 10.5 Å². The molecule has 36 heavy (non-hydrogen) atoms. The first-order chi connectivity index (χ1) is 16.9.